The van der Waals surface area contributed by atoms with E-state index in [1.54, 1.807) is 23.9 Å². The molecule has 0 aromatic heterocycles. The van der Waals surface area contributed by atoms with Crippen LogP contribution in [0.2, 0.25) is 5.02 Å². The van der Waals surface area contributed by atoms with Crippen molar-refractivity contribution in [2.24, 2.45) is 0 Å². The van der Waals surface area contributed by atoms with Gasteiger partial charge in [0.15, 0.2) is 0 Å². The molecule has 3 rings (SSSR count). The van der Waals surface area contributed by atoms with E-state index in [-0.39, 0.29) is 11.6 Å². The highest BCUT2D eigenvalue weighted by Crippen LogP contribution is 2.35. The first-order valence-electron chi connectivity index (χ1n) is 6.42. The minimum absolute atomic E-state index is 0.263. The molecule has 21 heavy (non-hydrogen) atoms. The normalized spacial score (nSPS) is 11.0. The summed E-state index contributed by atoms with van der Waals surface area (Å²) in [5.74, 6) is 0.551. The fourth-order valence-corrected chi connectivity index (χ4v) is 3.50. The van der Waals surface area contributed by atoms with Gasteiger partial charge in [-0.05, 0) is 41.3 Å². The standard InChI is InChI=1S/C17H12ClFOS/c18-15-6-5-12(19)9-11(15)10-21-17-8-7-16(20)13-3-1-2-4-14(13)17/h1-9,20H,10H2. The molecule has 0 amide bonds. The third-order valence-corrected chi connectivity index (χ3v) is 4.74. The van der Waals surface area contributed by atoms with Gasteiger partial charge in [-0.25, -0.2) is 4.39 Å². The van der Waals surface area contributed by atoms with E-state index in [4.69, 9.17) is 11.6 Å². The van der Waals surface area contributed by atoms with Gasteiger partial charge in [-0.3, -0.25) is 0 Å². The summed E-state index contributed by atoms with van der Waals surface area (Å²) in [5.41, 5.74) is 0.763. The van der Waals surface area contributed by atoms with Gasteiger partial charge in [0.05, 0.1) is 0 Å². The van der Waals surface area contributed by atoms with Gasteiger partial charge in [-0.1, -0.05) is 35.9 Å². The van der Waals surface area contributed by atoms with Crippen LogP contribution in [0.5, 0.6) is 5.75 Å². The molecule has 0 unspecified atom stereocenters. The Morgan fingerprint density at radius 3 is 2.57 bits per heavy atom. The van der Waals surface area contributed by atoms with Crippen molar-refractivity contribution in [3.63, 3.8) is 0 Å². The molecule has 0 aliphatic rings. The van der Waals surface area contributed by atoms with E-state index in [1.807, 2.05) is 30.3 Å². The third-order valence-electron chi connectivity index (χ3n) is 3.25. The van der Waals surface area contributed by atoms with Crippen LogP contribution in [0, 0.1) is 5.82 Å². The second kappa shape index (κ2) is 5.96. The molecule has 0 aliphatic heterocycles. The van der Waals surface area contributed by atoms with E-state index < -0.39 is 0 Å². The maximum absolute atomic E-state index is 13.3. The lowest BCUT2D eigenvalue weighted by Gasteiger charge is -2.09. The molecule has 106 valence electrons. The molecule has 4 heteroatoms. The SMILES string of the molecule is Oc1ccc(SCc2cc(F)ccc2Cl)c2ccccc12. The second-order valence-corrected chi connectivity index (χ2v) is 6.08. The maximum atomic E-state index is 13.3. The predicted molar refractivity (Wildman–Crippen MR) is 86.6 cm³/mol. The van der Waals surface area contributed by atoms with Crippen molar-refractivity contribution in [2.45, 2.75) is 10.6 Å². The van der Waals surface area contributed by atoms with E-state index in [0.29, 0.717) is 10.8 Å². The van der Waals surface area contributed by atoms with Gasteiger partial charge in [0.1, 0.15) is 11.6 Å². The summed E-state index contributed by atoms with van der Waals surface area (Å²) in [7, 11) is 0. The average Bonchev–Trinajstić information content (AvgIpc) is 2.50. The van der Waals surface area contributed by atoms with Gasteiger partial charge in [0, 0.05) is 21.1 Å². The monoisotopic (exact) mass is 318 g/mol. The van der Waals surface area contributed by atoms with Gasteiger partial charge < -0.3 is 5.11 Å². The second-order valence-electron chi connectivity index (χ2n) is 4.65. The third kappa shape index (κ3) is 2.99. The number of rotatable bonds is 3. The number of benzene rings is 3. The van der Waals surface area contributed by atoms with Crippen LogP contribution in [0.3, 0.4) is 0 Å². The molecule has 1 nitrogen and oxygen atoms in total. The lowest BCUT2D eigenvalue weighted by atomic mass is 10.1. The van der Waals surface area contributed by atoms with E-state index in [9.17, 15) is 9.50 Å². The van der Waals surface area contributed by atoms with Crippen LogP contribution in [0.15, 0.2) is 59.5 Å². The minimum Gasteiger partial charge on any atom is -0.507 e. The Bertz CT molecular complexity index is 804. The summed E-state index contributed by atoms with van der Waals surface area (Å²) >= 11 is 7.66. The molecule has 0 fully saturated rings. The molecule has 3 aromatic carbocycles. The molecule has 0 spiro atoms. The van der Waals surface area contributed by atoms with Crippen LogP contribution >= 0.6 is 23.4 Å². The molecule has 0 saturated heterocycles. The number of hydrogen-bond donors (Lipinski definition) is 1. The first-order valence-corrected chi connectivity index (χ1v) is 7.79. The molecule has 1 N–H and O–H groups in total. The Morgan fingerprint density at radius 1 is 1.00 bits per heavy atom. The van der Waals surface area contributed by atoms with Crippen molar-refractivity contribution in [1.29, 1.82) is 0 Å². The quantitative estimate of drug-likeness (QED) is 0.631. The van der Waals surface area contributed by atoms with Crippen LogP contribution in [0.25, 0.3) is 10.8 Å². The highest BCUT2D eigenvalue weighted by Gasteiger charge is 2.08. The average molecular weight is 319 g/mol. The lowest BCUT2D eigenvalue weighted by molar-refractivity contribution is 0.481. The van der Waals surface area contributed by atoms with E-state index in [2.05, 4.69) is 0 Å². The molecule has 3 aromatic rings. The number of hydrogen-bond acceptors (Lipinski definition) is 2. The predicted octanol–water partition coefficient (Wildman–Crippen LogP) is 5.63. The Kier molecular flexibility index (Phi) is 4.04. The first-order chi connectivity index (χ1) is 10.1. The number of fused-ring (bicyclic) bond motifs is 1. The summed E-state index contributed by atoms with van der Waals surface area (Å²) in [6.45, 7) is 0. The number of aromatic hydroxyl groups is 1. The zero-order valence-electron chi connectivity index (χ0n) is 11.0. The van der Waals surface area contributed by atoms with Crippen LogP contribution < -0.4 is 0 Å². The van der Waals surface area contributed by atoms with Crippen molar-refractivity contribution < 1.29 is 9.50 Å². The Hall–Kier alpha value is -1.71. The highest BCUT2D eigenvalue weighted by molar-refractivity contribution is 7.98. The van der Waals surface area contributed by atoms with Crippen molar-refractivity contribution in [3.05, 3.63) is 71.0 Å². The number of phenolic OH excluding ortho intramolecular Hbond substituents is 1. The van der Waals surface area contributed by atoms with Gasteiger partial charge in [0.2, 0.25) is 0 Å². The summed E-state index contributed by atoms with van der Waals surface area (Å²) < 4.78 is 13.3. The summed E-state index contributed by atoms with van der Waals surface area (Å²) in [4.78, 5) is 1.03. The number of phenols is 1. The Balaban J connectivity index is 1.92. The molecule has 0 saturated carbocycles. The fourth-order valence-electron chi connectivity index (χ4n) is 2.19. The van der Waals surface area contributed by atoms with Crippen LogP contribution in [-0.4, -0.2) is 5.11 Å². The first kappa shape index (κ1) is 14.2. The molecular formula is C17H12ClFOS. The van der Waals surface area contributed by atoms with Gasteiger partial charge in [0.25, 0.3) is 0 Å². The molecule has 0 aliphatic carbocycles. The number of halogens is 2. The van der Waals surface area contributed by atoms with E-state index in [0.717, 1.165) is 21.2 Å². The zero-order valence-corrected chi connectivity index (χ0v) is 12.6. The minimum atomic E-state index is -0.287. The summed E-state index contributed by atoms with van der Waals surface area (Å²) in [6.07, 6.45) is 0. The van der Waals surface area contributed by atoms with Gasteiger partial charge in [-0.15, -0.1) is 11.8 Å². The van der Waals surface area contributed by atoms with Crippen molar-refractivity contribution in [2.75, 3.05) is 0 Å². The van der Waals surface area contributed by atoms with E-state index >= 15 is 0 Å². The maximum Gasteiger partial charge on any atom is 0.123 e. The van der Waals surface area contributed by atoms with Crippen molar-refractivity contribution in [1.82, 2.24) is 0 Å². The molecular weight excluding hydrogens is 307 g/mol. The number of thioether (sulfide) groups is 1. The summed E-state index contributed by atoms with van der Waals surface area (Å²) in [5, 5.41) is 12.2. The molecule has 0 bridgehead atoms. The van der Waals surface area contributed by atoms with Gasteiger partial charge in [-0.2, -0.15) is 0 Å². The largest absolute Gasteiger partial charge is 0.507 e. The summed E-state index contributed by atoms with van der Waals surface area (Å²) in [6, 6.07) is 15.6. The Labute approximate surface area is 131 Å². The zero-order chi connectivity index (χ0) is 14.8. The fraction of sp³-hybridized carbons (Fsp3) is 0.0588. The Morgan fingerprint density at radius 2 is 1.76 bits per heavy atom. The van der Waals surface area contributed by atoms with E-state index in [1.165, 1.54) is 12.1 Å². The van der Waals surface area contributed by atoms with Crippen LogP contribution in [-0.2, 0) is 5.75 Å². The smallest absolute Gasteiger partial charge is 0.123 e. The molecule has 0 radical (unpaired) electrons. The van der Waals surface area contributed by atoms with Crippen molar-refractivity contribution in [3.8, 4) is 5.75 Å². The van der Waals surface area contributed by atoms with Crippen LogP contribution in [0.1, 0.15) is 5.56 Å². The van der Waals surface area contributed by atoms with Crippen LogP contribution in [0.4, 0.5) is 4.39 Å². The lowest BCUT2D eigenvalue weighted by Crippen LogP contribution is -1.86. The highest BCUT2D eigenvalue weighted by atomic mass is 35.5. The molecule has 0 heterocycles. The van der Waals surface area contributed by atoms with Gasteiger partial charge >= 0.3 is 0 Å². The topological polar surface area (TPSA) is 20.2 Å². The van der Waals surface area contributed by atoms with Crippen molar-refractivity contribution >= 4 is 34.1 Å². The molecule has 0 atom stereocenters.